The molecule has 1 nitrogen and oxygen atoms in total. The van der Waals surface area contributed by atoms with Crippen molar-refractivity contribution in [3.05, 3.63) is 11.6 Å². The Bertz CT molecular complexity index is 790. The number of hydrogen-bond donors (Lipinski definition) is 1. The third kappa shape index (κ3) is 2.77. The van der Waals surface area contributed by atoms with Gasteiger partial charge in [-0.2, -0.15) is 0 Å². The van der Waals surface area contributed by atoms with Gasteiger partial charge in [0.05, 0.1) is 6.10 Å². The summed E-state index contributed by atoms with van der Waals surface area (Å²) >= 11 is 0. The molecule has 0 saturated heterocycles. The van der Waals surface area contributed by atoms with Gasteiger partial charge in [0.25, 0.3) is 0 Å². The summed E-state index contributed by atoms with van der Waals surface area (Å²) in [4.78, 5) is 0. The zero-order chi connectivity index (χ0) is 22.7. The van der Waals surface area contributed by atoms with Gasteiger partial charge < -0.3 is 5.11 Å². The van der Waals surface area contributed by atoms with Gasteiger partial charge in [-0.1, -0.05) is 67.0 Å². The van der Waals surface area contributed by atoms with Crippen molar-refractivity contribution in [2.24, 2.45) is 50.2 Å². The highest BCUT2D eigenvalue weighted by Gasteiger charge is 2.69. The number of rotatable bonds is 0. The van der Waals surface area contributed by atoms with Crippen LogP contribution < -0.4 is 0 Å². The molecule has 0 bridgehead atoms. The molecule has 176 valence electrons. The molecule has 5 aliphatic carbocycles. The lowest BCUT2D eigenvalue weighted by Crippen LogP contribution is -2.65. The van der Waals surface area contributed by atoms with E-state index in [9.17, 15) is 5.11 Å². The Balaban J connectivity index is 1.57. The average molecular weight is 427 g/mol. The lowest BCUT2D eigenvalue weighted by molar-refractivity contribution is -0.230. The third-order valence-electron chi connectivity index (χ3n) is 13.1. The molecule has 0 spiro atoms. The van der Waals surface area contributed by atoms with E-state index in [0.717, 1.165) is 18.3 Å². The maximum Gasteiger partial charge on any atom is 0.0628 e. The first kappa shape index (κ1) is 22.5. The normalized spacial score (nSPS) is 55.2. The molecule has 0 aromatic rings. The molecule has 5 rings (SSSR count). The number of allylic oxidation sites excluding steroid dienone is 1. The molecule has 31 heavy (non-hydrogen) atoms. The van der Waals surface area contributed by atoms with E-state index in [-0.39, 0.29) is 11.5 Å². The molecule has 0 aromatic carbocycles. The van der Waals surface area contributed by atoms with Gasteiger partial charge in [-0.3, -0.25) is 0 Å². The summed E-state index contributed by atoms with van der Waals surface area (Å²) in [6.07, 6.45) is 15.9. The highest BCUT2D eigenvalue weighted by Crippen LogP contribution is 2.77. The topological polar surface area (TPSA) is 20.2 Å². The molecular weight excluding hydrogens is 376 g/mol. The fourth-order valence-electron chi connectivity index (χ4n) is 10.4. The Hall–Kier alpha value is -0.300. The van der Waals surface area contributed by atoms with E-state index in [0.29, 0.717) is 33.0 Å². The second-order valence-corrected chi connectivity index (χ2v) is 15.2. The van der Waals surface area contributed by atoms with Crippen LogP contribution in [0.1, 0.15) is 120 Å². The van der Waals surface area contributed by atoms with E-state index < -0.39 is 0 Å². The molecule has 0 unspecified atom stereocenters. The van der Waals surface area contributed by atoms with Crippen molar-refractivity contribution < 1.29 is 5.11 Å². The Kier molecular flexibility index (Phi) is 4.66. The summed E-state index contributed by atoms with van der Waals surface area (Å²) in [7, 11) is 0. The van der Waals surface area contributed by atoms with Crippen LogP contribution >= 0.6 is 0 Å². The summed E-state index contributed by atoms with van der Waals surface area (Å²) in [5.41, 5.74) is 3.96. The Morgan fingerprint density at radius 3 is 2.06 bits per heavy atom. The Morgan fingerprint density at radius 1 is 0.742 bits per heavy atom. The molecule has 0 heterocycles. The minimum atomic E-state index is -0.167. The van der Waals surface area contributed by atoms with Crippen LogP contribution in [0.25, 0.3) is 0 Å². The standard InChI is InChI=1S/C30H50O/c1-25(2)13-14-27(5)15-17-29(7)22-11-9-20-21(10-12-24(31)26(20,3)4)28(22,6)16-18-30(29,8)23(27)19-25/h9,21-24,31H,10-19H2,1-8H3/t21-,22+,23-,24+,27+,28-,29+,30-/m0/s1. The van der Waals surface area contributed by atoms with Gasteiger partial charge in [0.1, 0.15) is 0 Å². The molecule has 1 N–H and O–H groups in total. The SMILES string of the molecule is CC1(C)CC[C@]2(C)CC[C@]3(C)[C@@H]4CC=C5[C@H](CC[C@@H](O)C5(C)C)[C@]4(C)CC[C@@]3(C)[C@H]2C1. The van der Waals surface area contributed by atoms with E-state index in [1.807, 2.05) is 0 Å². The molecule has 4 saturated carbocycles. The van der Waals surface area contributed by atoms with Crippen LogP contribution in [-0.4, -0.2) is 11.2 Å². The van der Waals surface area contributed by atoms with Crippen molar-refractivity contribution in [2.75, 3.05) is 0 Å². The summed E-state index contributed by atoms with van der Waals surface area (Å²) < 4.78 is 0. The number of fused-ring (bicyclic) bond motifs is 7. The molecule has 5 aliphatic rings. The maximum atomic E-state index is 10.8. The van der Waals surface area contributed by atoms with Crippen LogP contribution in [0.15, 0.2) is 11.6 Å². The molecular formula is C30H50O. The van der Waals surface area contributed by atoms with Gasteiger partial charge in [0.15, 0.2) is 0 Å². The zero-order valence-corrected chi connectivity index (χ0v) is 21.9. The first-order valence-electron chi connectivity index (χ1n) is 13.6. The molecule has 0 aromatic heterocycles. The van der Waals surface area contributed by atoms with Crippen molar-refractivity contribution in [1.82, 2.24) is 0 Å². The quantitative estimate of drug-likeness (QED) is 0.387. The van der Waals surface area contributed by atoms with Gasteiger partial charge in [0.2, 0.25) is 0 Å². The zero-order valence-electron chi connectivity index (χ0n) is 21.9. The summed E-state index contributed by atoms with van der Waals surface area (Å²) in [6, 6.07) is 0. The van der Waals surface area contributed by atoms with Crippen LogP contribution in [0, 0.1) is 50.2 Å². The van der Waals surface area contributed by atoms with Gasteiger partial charge in [-0.15, -0.1) is 0 Å². The van der Waals surface area contributed by atoms with Crippen LogP contribution in [-0.2, 0) is 0 Å². The van der Waals surface area contributed by atoms with E-state index in [1.54, 1.807) is 5.57 Å². The third-order valence-corrected chi connectivity index (χ3v) is 13.1. The van der Waals surface area contributed by atoms with Gasteiger partial charge in [-0.25, -0.2) is 0 Å². The van der Waals surface area contributed by atoms with Crippen molar-refractivity contribution in [3.8, 4) is 0 Å². The van der Waals surface area contributed by atoms with Gasteiger partial charge in [-0.05, 0) is 109 Å². The highest BCUT2D eigenvalue weighted by atomic mass is 16.3. The van der Waals surface area contributed by atoms with Crippen molar-refractivity contribution >= 4 is 0 Å². The Labute approximate surface area is 192 Å². The van der Waals surface area contributed by atoms with E-state index in [4.69, 9.17) is 0 Å². The minimum absolute atomic E-state index is 0.0446. The molecule has 8 atom stereocenters. The van der Waals surface area contributed by atoms with Crippen LogP contribution in [0.5, 0.6) is 0 Å². The fraction of sp³-hybridized carbons (Fsp3) is 0.933. The smallest absolute Gasteiger partial charge is 0.0628 e. The Morgan fingerprint density at radius 2 is 1.35 bits per heavy atom. The predicted molar refractivity (Wildman–Crippen MR) is 131 cm³/mol. The first-order valence-corrected chi connectivity index (χ1v) is 13.6. The molecule has 4 fully saturated rings. The molecule has 0 radical (unpaired) electrons. The van der Waals surface area contributed by atoms with Crippen molar-refractivity contribution in [1.29, 1.82) is 0 Å². The summed E-state index contributed by atoms with van der Waals surface area (Å²) in [5.74, 6) is 2.36. The van der Waals surface area contributed by atoms with Crippen LogP contribution in [0.3, 0.4) is 0 Å². The average Bonchev–Trinajstić information content (AvgIpc) is 2.68. The summed E-state index contributed by atoms with van der Waals surface area (Å²) in [6.45, 7) is 20.5. The first-order chi connectivity index (χ1) is 14.2. The van der Waals surface area contributed by atoms with Crippen LogP contribution in [0.4, 0.5) is 0 Å². The van der Waals surface area contributed by atoms with E-state index in [2.05, 4.69) is 61.5 Å². The molecule has 0 amide bonds. The largest absolute Gasteiger partial charge is 0.392 e. The lowest BCUT2D eigenvalue weighted by atomic mass is 9.31. The van der Waals surface area contributed by atoms with Crippen molar-refractivity contribution in [2.45, 2.75) is 126 Å². The van der Waals surface area contributed by atoms with Crippen molar-refractivity contribution in [3.63, 3.8) is 0 Å². The van der Waals surface area contributed by atoms with E-state index in [1.165, 1.54) is 57.8 Å². The highest BCUT2D eigenvalue weighted by molar-refractivity contribution is 5.30. The minimum Gasteiger partial charge on any atom is -0.392 e. The number of aliphatic hydroxyl groups is 1. The monoisotopic (exact) mass is 426 g/mol. The van der Waals surface area contributed by atoms with Gasteiger partial charge >= 0.3 is 0 Å². The summed E-state index contributed by atoms with van der Waals surface area (Å²) in [5, 5.41) is 10.8. The predicted octanol–water partition coefficient (Wildman–Crippen LogP) is 8.17. The van der Waals surface area contributed by atoms with Crippen LogP contribution in [0.2, 0.25) is 0 Å². The lowest BCUT2D eigenvalue weighted by Gasteiger charge is -2.73. The molecule has 0 aliphatic heterocycles. The second kappa shape index (κ2) is 6.43. The van der Waals surface area contributed by atoms with E-state index >= 15 is 0 Å². The second-order valence-electron chi connectivity index (χ2n) is 15.2. The fourth-order valence-corrected chi connectivity index (χ4v) is 10.4. The van der Waals surface area contributed by atoms with Gasteiger partial charge in [0, 0.05) is 5.41 Å². The molecule has 1 heteroatoms. The number of hydrogen-bond acceptors (Lipinski definition) is 1. The maximum absolute atomic E-state index is 10.8. The number of aliphatic hydroxyl groups excluding tert-OH is 1.